The fraction of sp³-hybridized carbons (Fsp3) is 0.667. The Balaban J connectivity index is 0.00000137. The molecule has 0 nitrogen and oxygen atoms in total. The van der Waals surface area contributed by atoms with Gasteiger partial charge in [0.1, 0.15) is 0 Å². The molecule has 0 heteroatoms. The molecule has 1 aliphatic rings. The van der Waals surface area contributed by atoms with E-state index >= 15 is 0 Å². The van der Waals surface area contributed by atoms with Crippen molar-refractivity contribution < 1.29 is 0 Å². The van der Waals surface area contributed by atoms with Crippen LogP contribution in [0, 0.1) is 11.3 Å². The number of rotatable bonds is 3. The van der Waals surface area contributed by atoms with Crippen LogP contribution in [0.15, 0.2) is 35.5 Å². The lowest BCUT2D eigenvalue weighted by Gasteiger charge is -2.33. The summed E-state index contributed by atoms with van der Waals surface area (Å²) < 4.78 is 0. The molecule has 18 heavy (non-hydrogen) atoms. The van der Waals surface area contributed by atoms with Crippen LogP contribution in [0.1, 0.15) is 67.7 Å². The summed E-state index contributed by atoms with van der Waals surface area (Å²) in [5, 5.41) is 0. The van der Waals surface area contributed by atoms with Crippen LogP contribution in [0.3, 0.4) is 0 Å². The van der Waals surface area contributed by atoms with Crippen LogP contribution in [0.4, 0.5) is 0 Å². The van der Waals surface area contributed by atoms with E-state index in [2.05, 4.69) is 58.9 Å². The molecule has 0 saturated carbocycles. The Morgan fingerprint density at radius 3 is 2.28 bits per heavy atom. The second-order valence-corrected chi connectivity index (χ2v) is 5.68. The van der Waals surface area contributed by atoms with Crippen molar-refractivity contribution in [2.45, 2.75) is 67.7 Å². The minimum Gasteiger partial charge on any atom is -0.0911 e. The average molecular weight is 248 g/mol. The van der Waals surface area contributed by atoms with E-state index < -0.39 is 0 Å². The Morgan fingerprint density at radius 2 is 1.78 bits per heavy atom. The third-order valence-corrected chi connectivity index (χ3v) is 3.60. The molecule has 0 aromatic rings. The molecule has 0 aromatic carbocycles. The quantitative estimate of drug-likeness (QED) is 0.513. The lowest BCUT2D eigenvalue weighted by atomic mass is 9.72. The molecule has 0 aliphatic heterocycles. The maximum absolute atomic E-state index is 2.37. The van der Waals surface area contributed by atoms with Crippen LogP contribution >= 0.6 is 0 Å². The maximum atomic E-state index is 2.37. The predicted molar refractivity (Wildman–Crippen MR) is 84.8 cm³/mol. The van der Waals surface area contributed by atoms with Crippen LogP contribution in [0.2, 0.25) is 0 Å². The molecule has 0 fully saturated rings. The molecule has 0 heterocycles. The van der Waals surface area contributed by atoms with Gasteiger partial charge in [0.2, 0.25) is 0 Å². The van der Waals surface area contributed by atoms with Crippen molar-refractivity contribution in [3.8, 4) is 0 Å². The Labute approximate surface area is 115 Å². The van der Waals surface area contributed by atoms with Crippen molar-refractivity contribution in [1.82, 2.24) is 0 Å². The third kappa shape index (κ3) is 5.25. The first kappa shape index (κ1) is 17.2. The standard InChI is InChI=1S/C16H26.C2H6/c1-6-8-13(2)10-11-15-14(3)9-7-12-16(15,4)5;1-2/h6,8,10-11,13H,7,9,12H2,1-5H3;1-2H3/b8-6+,11-10+;. The monoisotopic (exact) mass is 248 g/mol. The van der Waals surface area contributed by atoms with Gasteiger partial charge in [0.05, 0.1) is 0 Å². The van der Waals surface area contributed by atoms with Gasteiger partial charge in [0.25, 0.3) is 0 Å². The summed E-state index contributed by atoms with van der Waals surface area (Å²) in [5.74, 6) is 0.544. The highest BCUT2D eigenvalue weighted by molar-refractivity contribution is 5.33. The molecule has 0 aromatic heterocycles. The molecular formula is C18H32. The molecule has 0 saturated heterocycles. The fourth-order valence-electron chi connectivity index (χ4n) is 2.63. The number of allylic oxidation sites excluding steroid dienone is 6. The van der Waals surface area contributed by atoms with Gasteiger partial charge in [-0.15, -0.1) is 0 Å². The molecule has 1 atom stereocenters. The average Bonchev–Trinajstić information content (AvgIpc) is 2.30. The highest BCUT2D eigenvalue weighted by Crippen LogP contribution is 2.40. The first-order valence-corrected chi connectivity index (χ1v) is 7.48. The van der Waals surface area contributed by atoms with Crippen molar-refractivity contribution in [3.05, 3.63) is 35.5 Å². The molecule has 0 radical (unpaired) electrons. The van der Waals surface area contributed by atoms with E-state index in [9.17, 15) is 0 Å². The summed E-state index contributed by atoms with van der Waals surface area (Å²) in [6.45, 7) is 15.4. The van der Waals surface area contributed by atoms with E-state index in [1.807, 2.05) is 13.8 Å². The molecule has 1 aliphatic carbocycles. The van der Waals surface area contributed by atoms with E-state index in [-0.39, 0.29) is 0 Å². The first-order valence-electron chi connectivity index (χ1n) is 7.48. The van der Waals surface area contributed by atoms with E-state index in [0.29, 0.717) is 11.3 Å². The van der Waals surface area contributed by atoms with Gasteiger partial charge in [-0.2, -0.15) is 0 Å². The Hall–Kier alpha value is -0.780. The molecular weight excluding hydrogens is 216 g/mol. The third-order valence-electron chi connectivity index (χ3n) is 3.60. The van der Waals surface area contributed by atoms with Gasteiger partial charge in [-0.05, 0) is 50.0 Å². The van der Waals surface area contributed by atoms with Gasteiger partial charge < -0.3 is 0 Å². The lowest BCUT2D eigenvalue weighted by molar-refractivity contribution is 0.376. The first-order chi connectivity index (χ1) is 8.47. The van der Waals surface area contributed by atoms with Crippen molar-refractivity contribution in [2.24, 2.45) is 11.3 Å². The molecule has 0 spiro atoms. The summed E-state index contributed by atoms with van der Waals surface area (Å²) >= 11 is 0. The van der Waals surface area contributed by atoms with Crippen LogP contribution in [0.25, 0.3) is 0 Å². The molecule has 0 bridgehead atoms. The Morgan fingerprint density at radius 1 is 1.17 bits per heavy atom. The summed E-state index contributed by atoms with van der Waals surface area (Å²) in [4.78, 5) is 0. The van der Waals surface area contributed by atoms with Crippen LogP contribution in [-0.4, -0.2) is 0 Å². The van der Waals surface area contributed by atoms with E-state index in [1.165, 1.54) is 19.3 Å². The van der Waals surface area contributed by atoms with Crippen molar-refractivity contribution in [3.63, 3.8) is 0 Å². The van der Waals surface area contributed by atoms with Crippen molar-refractivity contribution >= 4 is 0 Å². The van der Waals surface area contributed by atoms with Gasteiger partial charge in [-0.3, -0.25) is 0 Å². The van der Waals surface area contributed by atoms with Crippen LogP contribution in [-0.2, 0) is 0 Å². The topological polar surface area (TPSA) is 0 Å². The lowest BCUT2D eigenvalue weighted by Crippen LogP contribution is -2.19. The minimum atomic E-state index is 0.370. The highest BCUT2D eigenvalue weighted by Gasteiger charge is 2.26. The predicted octanol–water partition coefficient (Wildman–Crippen LogP) is 6.31. The van der Waals surface area contributed by atoms with Gasteiger partial charge >= 0.3 is 0 Å². The number of hydrogen-bond acceptors (Lipinski definition) is 0. The van der Waals surface area contributed by atoms with Gasteiger partial charge in [0, 0.05) is 0 Å². The zero-order valence-electron chi connectivity index (χ0n) is 13.5. The zero-order valence-corrected chi connectivity index (χ0v) is 13.5. The van der Waals surface area contributed by atoms with E-state index in [0.717, 1.165) is 0 Å². The van der Waals surface area contributed by atoms with Gasteiger partial charge in [0.15, 0.2) is 0 Å². The fourth-order valence-corrected chi connectivity index (χ4v) is 2.63. The summed E-state index contributed by atoms with van der Waals surface area (Å²) in [7, 11) is 0. The van der Waals surface area contributed by atoms with Crippen molar-refractivity contribution in [1.29, 1.82) is 0 Å². The Bertz CT molecular complexity index is 313. The SMILES string of the molecule is C/C=C/C(C)/C=C/C1=C(C)CCCC1(C)C.CC. The van der Waals surface area contributed by atoms with Crippen LogP contribution in [0.5, 0.6) is 0 Å². The van der Waals surface area contributed by atoms with Crippen LogP contribution < -0.4 is 0 Å². The second-order valence-electron chi connectivity index (χ2n) is 5.68. The normalized spacial score (nSPS) is 21.1. The van der Waals surface area contributed by atoms with Crippen molar-refractivity contribution in [2.75, 3.05) is 0 Å². The van der Waals surface area contributed by atoms with E-state index in [4.69, 9.17) is 0 Å². The van der Waals surface area contributed by atoms with Gasteiger partial charge in [-0.1, -0.05) is 64.5 Å². The van der Waals surface area contributed by atoms with E-state index in [1.54, 1.807) is 11.1 Å². The molecule has 0 amide bonds. The molecule has 104 valence electrons. The van der Waals surface area contributed by atoms with Gasteiger partial charge in [-0.25, -0.2) is 0 Å². The Kier molecular flexibility index (Phi) is 7.98. The summed E-state index contributed by atoms with van der Waals surface area (Å²) in [6, 6.07) is 0. The summed E-state index contributed by atoms with van der Waals surface area (Å²) in [6.07, 6.45) is 13.0. The summed E-state index contributed by atoms with van der Waals surface area (Å²) in [5.41, 5.74) is 3.52. The minimum absolute atomic E-state index is 0.370. The molecule has 0 N–H and O–H groups in total. The number of hydrogen-bond donors (Lipinski definition) is 0. The molecule has 1 rings (SSSR count). The molecule has 1 unspecified atom stereocenters. The largest absolute Gasteiger partial charge is 0.0911 e. The smallest absolute Gasteiger partial charge is 0.00788 e. The zero-order chi connectivity index (χ0) is 14.2. The highest BCUT2D eigenvalue weighted by atomic mass is 14.3. The maximum Gasteiger partial charge on any atom is -0.00788 e. The second kappa shape index (κ2) is 8.34.